The lowest BCUT2D eigenvalue weighted by Gasteiger charge is -2.26. The fourth-order valence-corrected chi connectivity index (χ4v) is 1.68. The summed E-state index contributed by atoms with van der Waals surface area (Å²) in [4.78, 5) is 0. The predicted octanol–water partition coefficient (Wildman–Crippen LogP) is 2.78. The average molecular weight is 255 g/mol. The highest BCUT2D eigenvalue weighted by Crippen LogP contribution is 2.26. The van der Waals surface area contributed by atoms with Crippen LogP contribution >= 0.6 is 0 Å². The van der Waals surface area contributed by atoms with E-state index >= 15 is 0 Å². The zero-order chi connectivity index (χ0) is 13.8. The van der Waals surface area contributed by atoms with Crippen LogP contribution in [0.15, 0.2) is 18.2 Å². The van der Waals surface area contributed by atoms with Crippen LogP contribution in [0.3, 0.4) is 0 Å². The van der Waals surface area contributed by atoms with Gasteiger partial charge in [-0.05, 0) is 25.8 Å². The predicted molar refractivity (Wildman–Crippen MR) is 70.0 cm³/mol. The van der Waals surface area contributed by atoms with E-state index in [1.54, 1.807) is 6.07 Å². The number of hydrogen-bond acceptors (Lipinski definition) is 3. The van der Waals surface area contributed by atoms with Gasteiger partial charge in [-0.3, -0.25) is 0 Å². The molecule has 1 atom stereocenters. The van der Waals surface area contributed by atoms with Gasteiger partial charge in [-0.1, -0.05) is 19.9 Å². The summed E-state index contributed by atoms with van der Waals surface area (Å²) in [6.45, 7) is 5.74. The van der Waals surface area contributed by atoms with E-state index < -0.39 is 5.60 Å². The average Bonchev–Trinajstić information content (AvgIpc) is 2.35. The SMILES string of the molecule is CCC(O)(CC)COc1cc(F)ccc1[C@H](C)N. The number of hydrogen-bond donors (Lipinski definition) is 2. The van der Waals surface area contributed by atoms with Gasteiger partial charge in [-0.2, -0.15) is 0 Å². The summed E-state index contributed by atoms with van der Waals surface area (Å²) in [6, 6.07) is 4.05. The third kappa shape index (κ3) is 3.68. The second-order valence-corrected chi connectivity index (χ2v) is 4.69. The minimum atomic E-state index is -0.874. The first kappa shape index (κ1) is 14.9. The Balaban J connectivity index is 2.86. The molecule has 0 aliphatic rings. The Morgan fingerprint density at radius 3 is 2.50 bits per heavy atom. The minimum Gasteiger partial charge on any atom is -0.490 e. The van der Waals surface area contributed by atoms with Crippen molar-refractivity contribution in [1.29, 1.82) is 0 Å². The molecule has 0 spiro atoms. The van der Waals surface area contributed by atoms with Gasteiger partial charge in [0.05, 0.1) is 5.60 Å². The number of ether oxygens (including phenoxy) is 1. The first-order chi connectivity index (χ1) is 8.41. The van der Waals surface area contributed by atoms with E-state index in [-0.39, 0.29) is 18.5 Å². The molecule has 102 valence electrons. The lowest BCUT2D eigenvalue weighted by Crippen LogP contribution is -2.34. The Labute approximate surface area is 108 Å². The van der Waals surface area contributed by atoms with Gasteiger partial charge in [0.1, 0.15) is 18.2 Å². The summed E-state index contributed by atoms with van der Waals surface area (Å²) in [7, 11) is 0. The maximum absolute atomic E-state index is 13.2. The Morgan fingerprint density at radius 2 is 2.00 bits per heavy atom. The van der Waals surface area contributed by atoms with Crippen molar-refractivity contribution in [2.24, 2.45) is 5.73 Å². The molecular formula is C14H22FNO2. The van der Waals surface area contributed by atoms with Crippen molar-refractivity contribution < 1.29 is 14.2 Å². The van der Waals surface area contributed by atoms with Gasteiger partial charge in [0.15, 0.2) is 0 Å². The fourth-order valence-electron chi connectivity index (χ4n) is 1.68. The van der Waals surface area contributed by atoms with Crippen LogP contribution in [0.5, 0.6) is 5.75 Å². The van der Waals surface area contributed by atoms with E-state index in [1.165, 1.54) is 12.1 Å². The van der Waals surface area contributed by atoms with Crippen molar-refractivity contribution in [2.75, 3.05) is 6.61 Å². The molecule has 0 aliphatic carbocycles. The Hall–Kier alpha value is -1.13. The number of halogens is 1. The number of benzene rings is 1. The highest BCUT2D eigenvalue weighted by molar-refractivity contribution is 5.36. The normalized spacial score (nSPS) is 13.4. The Bertz CT molecular complexity index is 389. The lowest BCUT2D eigenvalue weighted by molar-refractivity contribution is -0.0117. The maximum Gasteiger partial charge on any atom is 0.127 e. The number of aliphatic hydroxyl groups is 1. The fraction of sp³-hybridized carbons (Fsp3) is 0.571. The van der Waals surface area contributed by atoms with E-state index in [9.17, 15) is 9.50 Å². The molecule has 1 aromatic carbocycles. The molecule has 1 aromatic rings. The third-order valence-electron chi connectivity index (χ3n) is 3.28. The van der Waals surface area contributed by atoms with Crippen LogP contribution in [0.1, 0.15) is 45.2 Å². The summed E-state index contributed by atoms with van der Waals surface area (Å²) in [5, 5.41) is 10.1. The molecule has 3 N–H and O–H groups in total. The van der Waals surface area contributed by atoms with Crippen molar-refractivity contribution in [1.82, 2.24) is 0 Å². The Morgan fingerprint density at radius 1 is 1.39 bits per heavy atom. The van der Waals surface area contributed by atoms with Crippen molar-refractivity contribution in [2.45, 2.75) is 45.3 Å². The molecule has 0 bridgehead atoms. The van der Waals surface area contributed by atoms with E-state index in [2.05, 4.69) is 0 Å². The molecule has 0 saturated carbocycles. The van der Waals surface area contributed by atoms with Crippen molar-refractivity contribution in [3.63, 3.8) is 0 Å². The summed E-state index contributed by atoms with van der Waals surface area (Å²) in [5.41, 5.74) is 5.67. The van der Waals surface area contributed by atoms with Crippen molar-refractivity contribution in [3.8, 4) is 5.75 Å². The first-order valence-electron chi connectivity index (χ1n) is 6.32. The van der Waals surface area contributed by atoms with Gasteiger partial charge >= 0.3 is 0 Å². The minimum absolute atomic E-state index is 0.142. The maximum atomic E-state index is 13.2. The first-order valence-corrected chi connectivity index (χ1v) is 6.32. The molecule has 0 heterocycles. The van der Waals surface area contributed by atoms with Crippen LogP contribution in [0.25, 0.3) is 0 Å². The Kier molecular flexibility index (Phi) is 5.11. The molecule has 3 nitrogen and oxygen atoms in total. The molecule has 1 rings (SSSR count). The van der Waals surface area contributed by atoms with Crippen LogP contribution in [0.2, 0.25) is 0 Å². The lowest BCUT2D eigenvalue weighted by atomic mass is 9.99. The van der Waals surface area contributed by atoms with Crippen LogP contribution in [0.4, 0.5) is 4.39 Å². The van der Waals surface area contributed by atoms with Gasteiger partial charge in [-0.15, -0.1) is 0 Å². The van der Waals surface area contributed by atoms with Gasteiger partial charge in [0.2, 0.25) is 0 Å². The second-order valence-electron chi connectivity index (χ2n) is 4.69. The van der Waals surface area contributed by atoms with Crippen LogP contribution < -0.4 is 10.5 Å². The monoisotopic (exact) mass is 255 g/mol. The van der Waals surface area contributed by atoms with Gasteiger partial charge in [0.25, 0.3) is 0 Å². The van der Waals surface area contributed by atoms with Crippen LogP contribution in [-0.4, -0.2) is 17.3 Å². The van der Waals surface area contributed by atoms with Crippen LogP contribution in [0, 0.1) is 5.82 Å². The molecule has 0 amide bonds. The quantitative estimate of drug-likeness (QED) is 0.821. The van der Waals surface area contributed by atoms with Crippen LogP contribution in [-0.2, 0) is 0 Å². The number of rotatable bonds is 6. The highest BCUT2D eigenvalue weighted by Gasteiger charge is 2.24. The van der Waals surface area contributed by atoms with E-state index in [0.717, 1.165) is 5.56 Å². The summed E-state index contributed by atoms with van der Waals surface area (Å²) in [5.74, 6) is 0.0382. The highest BCUT2D eigenvalue weighted by atomic mass is 19.1. The van der Waals surface area contributed by atoms with Crippen molar-refractivity contribution in [3.05, 3.63) is 29.6 Å². The van der Waals surface area contributed by atoms with Gasteiger partial charge in [0, 0.05) is 17.7 Å². The van der Waals surface area contributed by atoms with E-state index in [4.69, 9.17) is 10.5 Å². The van der Waals surface area contributed by atoms with Crippen molar-refractivity contribution >= 4 is 0 Å². The van der Waals surface area contributed by atoms with Gasteiger partial charge in [-0.25, -0.2) is 4.39 Å². The smallest absolute Gasteiger partial charge is 0.127 e. The second kappa shape index (κ2) is 6.16. The standard InChI is InChI=1S/C14H22FNO2/c1-4-14(17,5-2)9-18-13-8-11(15)6-7-12(13)10(3)16/h6-8,10,17H,4-5,9,16H2,1-3H3/t10-/m0/s1. The van der Waals surface area contributed by atoms with E-state index in [1.807, 2.05) is 20.8 Å². The molecule has 0 radical (unpaired) electrons. The van der Waals surface area contributed by atoms with E-state index in [0.29, 0.717) is 18.6 Å². The number of nitrogens with two attached hydrogens (primary N) is 1. The zero-order valence-electron chi connectivity index (χ0n) is 11.2. The molecule has 18 heavy (non-hydrogen) atoms. The molecule has 0 aromatic heterocycles. The summed E-state index contributed by atoms with van der Waals surface area (Å²) in [6.07, 6.45) is 1.18. The zero-order valence-corrected chi connectivity index (χ0v) is 11.2. The topological polar surface area (TPSA) is 55.5 Å². The molecule has 0 fully saturated rings. The molecule has 0 unspecified atom stereocenters. The summed E-state index contributed by atoms with van der Waals surface area (Å²) >= 11 is 0. The molecule has 0 aliphatic heterocycles. The largest absolute Gasteiger partial charge is 0.490 e. The molecule has 0 saturated heterocycles. The third-order valence-corrected chi connectivity index (χ3v) is 3.28. The van der Waals surface area contributed by atoms with Gasteiger partial charge < -0.3 is 15.6 Å². The molecular weight excluding hydrogens is 233 g/mol. The summed E-state index contributed by atoms with van der Waals surface area (Å²) < 4.78 is 18.8. The molecule has 4 heteroatoms.